The van der Waals surface area contributed by atoms with E-state index in [4.69, 9.17) is 5.26 Å². The van der Waals surface area contributed by atoms with Crippen molar-refractivity contribution in [3.8, 4) is 17.6 Å². The highest BCUT2D eigenvalue weighted by molar-refractivity contribution is 5.79. The van der Waals surface area contributed by atoms with E-state index in [0.29, 0.717) is 17.1 Å². The number of fused-ring (bicyclic) bond motifs is 1. The number of H-pyrrole nitrogens is 1. The maximum absolute atomic E-state index is 13.5. The lowest BCUT2D eigenvalue weighted by molar-refractivity contribution is 0.591. The molecule has 0 saturated carbocycles. The van der Waals surface area contributed by atoms with E-state index >= 15 is 0 Å². The van der Waals surface area contributed by atoms with E-state index in [9.17, 15) is 8.78 Å². The lowest BCUT2D eigenvalue weighted by atomic mass is 10.2. The van der Waals surface area contributed by atoms with Crippen LogP contribution in [0, 0.1) is 23.0 Å². The number of aromatic amines is 1. The number of nitrogens with zero attached hydrogens (tertiary/aromatic N) is 3. The second-order valence-corrected chi connectivity index (χ2v) is 3.91. The number of imidazole rings is 1. The van der Waals surface area contributed by atoms with E-state index in [1.54, 1.807) is 12.1 Å². The maximum Gasteiger partial charge on any atom is 0.157 e. The van der Waals surface area contributed by atoms with Crippen molar-refractivity contribution in [3.63, 3.8) is 0 Å². The zero-order valence-corrected chi connectivity index (χ0v) is 9.48. The Kier molecular flexibility index (Phi) is 2.46. The molecule has 0 amide bonds. The number of nitriles is 1. The second kappa shape index (κ2) is 4.14. The molecule has 0 aliphatic carbocycles. The van der Waals surface area contributed by atoms with E-state index in [0.717, 1.165) is 6.07 Å². The number of hydrogen-bond donors (Lipinski definition) is 1. The molecule has 1 N–H and O–H groups in total. The van der Waals surface area contributed by atoms with Gasteiger partial charge in [-0.05, 0) is 18.2 Å². The Morgan fingerprint density at radius 3 is 2.74 bits per heavy atom. The number of aromatic nitrogens is 3. The van der Waals surface area contributed by atoms with Crippen LogP contribution < -0.4 is 0 Å². The molecule has 1 aromatic carbocycles. The summed E-state index contributed by atoms with van der Waals surface area (Å²) < 4.78 is 26.6. The zero-order chi connectivity index (χ0) is 13.4. The average molecular weight is 256 g/mol. The molecule has 0 bridgehead atoms. The number of nitrogens with one attached hydrogen (secondary N) is 1. The fraction of sp³-hybridized carbons (Fsp3) is 0. The molecule has 2 aromatic heterocycles. The highest BCUT2D eigenvalue weighted by atomic mass is 19.1. The molecular formula is C13H6F2N4. The number of rotatable bonds is 1. The summed E-state index contributed by atoms with van der Waals surface area (Å²) in [6.45, 7) is 0. The summed E-state index contributed by atoms with van der Waals surface area (Å²) in [4.78, 5) is 10.9. The summed E-state index contributed by atoms with van der Waals surface area (Å²) in [6.07, 6.45) is 1.39. The van der Waals surface area contributed by atoms with Gasteiger partial charge in [-0.2, -0.15) is 5.26 Å². The van der Waals surface area contributed by atoms with Crippen LogP contribution in [-0.2, 0) is 0 Å². The van der Waals surface area contributed by atoms with Crippen molar-refractivity contribution in [3.05, 3.63) is 47.7 Å². The van der Waals surface area contributed by atoms with E-state index in [1.807, 2.05) is 6.07 Å². The molecule has 3 aromatic rings. The van der Waals surface area contributed by atoms with Gasteiger partial charge in [0.2, 0.25) is 0 Å². The lowest BCUT2D eigenvalue weighted by Gasteiger charge is -1.94. The molecule has 3 rings (SSSR count). The number of hydrogen-bond acceptors (Lipinski definition) is 3. The first-order chi connectivity index (χ1) is 9.17. The van der Waals surface area contributed by atoms with Crippen molar-refractivity contribution in [2.75, 3.05) is 0 Å². The molecule has 0 aliphatic rings. The lowest BCUT2D eigenvalue weighted by Crippen LogP contribution is -1.86. The molecule has 0 atom stereocenters. The monoisotopic (exact) mass is 256 g/mol. The predicted molar refractivity (Wildman–Crippen MR) is 64.0 cm³/mol. The average Bonchev–Trinajstić information content (AvgIpc) is 2.83. The molecule has 0 saturated heterocycles. The summed E-state index contributed by atoms with van der Waals surface area (Å²) >= 11 is 0. The first kappa shape index (κ1) is 11.3. The quantitative estimate of drug-likeness (QED) is 0.728. The van der Waals surface area contributed by atoms with Crippen LogP contribution in [-0.4, -0.2) is 15.0 Å². The van der Waals surface area contributed by atoms with Gasteiger partial charge in [0.05, 0.1) is 11.1 Å². The number of pyridine rings is 1. The molecule has 19 heavy (non-hydrogen) atoms. The molecule has 0 unspecified atom stereocenters. The molecule has 0 spiro atoms. The van der Waals surface area contributed by atoms with Crippen LogP contribution in [0.4, 0.5) is 8.78 Å². The predicted octanol–water partition coefficient (Wildman–Crippen LogP) is 2.77. The van der Waals surface area contributed by atoms with Crippen molar-refractivity contribution in [2.45, 2.75) is 0 Å². The summed E-state index contributed by atoms with van der Waals surface area (Å²) in [5.41, 5.74) is 1.19. The van der Waals surface area contributed by atoms with Crippen molar-refractivity contribution in [1.82, 2.24) is 15.0 Å². The summed E-state index contributed by atoms with van der Waals surface area (Å²) in [5.74, 6) is -1.08. The first-order valence-electron chi connectivity index (χ1n) is 5.38. The van der Waals surface area contributed by atoms with E-state index in [2.05, 4.69) is 15.0 Å². The van der Waals surface area contributed by atoms with Crippen LogP contribution in [0.25, 0.3) is 22.6 Å². The molecule has 6 heteroatoms. The van der Waals surface area contributed by atoms with E-state index in [1.165, 1.54) is 12.3 Å². The molecular weight excluding hydrogens is 250 g/mol. The van der Waals surface area contributed by atoms with Crippen molar-refractivity contribution < 1.29 is 8.78 Å². The van der Waals surface area contributed by atoms with Gasteiger partial charge in [-0.15, -0.1) is 0 Å². The molecule has 0 fully saturated rings. The Hall–Kier alpha value is -2.81. The third-order valence-electron chi connectivity index (χ3n) is 2.64. The zero-order valence-electron chi connectivity index (χ0n) is 9.48. The molecule has 0 aliphatic heterocycles. The van der Waals surface area contributed by atoms with Crippen LogP contribution >= 0.6 is 0 Å². The Morgan fingerprint density at radius 1 is 1.21 bits per heavy atom. The number of benzene rings is 1. The minimum absolute atomic E-state index is 0.0579. The number of halogens is 2. The molecule has 4 nitrogen and oxygen atoms in total. The molecule has 92 valence electrons. The van der Waals surface area contributed by atoms with Crippen LogP contribution in [0.3, 0.4) is 0 Å². The van der Waals surface area contributed by atoms with E-state index < -0.39 is 11.6 Å². The largest absolute Gasteiger partial charge is 0.336 e. The maximum atomic E-state index is 13.5. The van der Waals surface area contributed by atoms with Crippen molar-refractivity contribution >= 4 is 11.0 Å². The Balaban J connectivity index is 2.15. The van der Waals surface area contributed by atoms with E-state index in [-0.39, 0.29) is 11.0 Å². The van der Waals surface area contributed by atoms with Gasteiger partial charge in [0.1, 0.15) is 23.1 Å². The third-order valence-corrected chi connectivity index (χ3v) is 2.64. The topological polar surface area (TPSA) is 65.4 Å². The molecule has 0 radical (unpaired) electrons. The smallest absolute Gasteiger partial charge is 0.157 e. The minimum Gasteiger partial charge on any atom is -0.336 e. The highest BCUT2D eigenvalue weighted by Crippen LogP contribution is 2.22. The van der Waals surface area contributed by atoms with Gasteiger partial charge in [-0.3, -0.25) is 4.98 Å². The standard InChI is InChI=1S/C13H6F2N4/c14-8-3-9(15)12-11(4-8)18-13(19-12)10-2-1-7(5-16)6-17-10/h1-4,6H,(H,18,19). The summed E-state index contributed by atoms with van der Waals surface area (Å²) in [6, 6.07) is 7.05. The van der Waals surface area contributed by atoms with Gasteiger partial charge in [0.25, 0.3) is 0 Å². The third kappa shape index (κ3) is 1.91. The Morgan fingerprint density at radius 2 is 2.05 bits per heavy atom. The summed E-state index contributed by atoms with van der Waals surface area (Å²) in [7, 11) is 0. The van der Waals surface area contributed by atoms with Gasteiger partial charge >= 0.3 is 0 Å². The normalized spacial score (nSPS) is 10.6. The fourth-order valence-electron chi connectivity index (χ4n) is 1.76. The van der Waals surface area contributed by atoms with Crippen molar-refractivity contribution in [1.29, 1.82) is 5.26 Å². The SMILES string of the molecule is N#Cc1ccc(-c2nc3c(F)cc(F)cc3[nH]2)nc1. The highest BCUT2D eigenvalue weighted by Gasteiger charge is 2.11. The van der Waals surface area contributed by atoms with Gasteiger partial charge in [-0.25, -0.2) is 13.8 Å². The van der Waals surface area contributed by atoms with Gasteiger partial charge < -0.3 is 4.98 Å². The minimum atomic E-state index is -0.730. The van der Waals surface area contributed by atoms with Crippen molar-refractivity contribution in [2.24, 2.45) is 0 Å². The van der Waals surface area contributed by atoms with Crippen LogP contribution in [0.2, 0.25) is 0 Å². The summed E-state index contributed by atoms with van der Waals surface area (Å²) in [5, 5.41) is 8.68. The second-order valence-electron chi connectivity index (χ2n) is 3.91. The fourth-order valence-corrected chi connectivity index (χ4v) is 1.76. The Bertz CT molecular complexity index is 800. The van der Waals surface area contributed by atoms with Gasteiger partial charge in [0.15, 0.2) is 11.6 Å². The van der Waals surface area contributed by atoms with Gasteiger partial charge in [0, 0.05) is 12.3 Å². The molecule has 2 heterocycles. The first-order valence-corrected chi connectivity index (χ1v) is 5.38. The van der Waals surface area contributed by atoms with Crippen LogP contribution in [0.5, 0.6) is 0 Å². The van der Waals surface area contributed by atoms with Gasteiger partial charge in [-0.1, -0.05) is 0 Å². The van der Waals surface area contributed by atoms with Crippen LogP contribution in [0.15, 0.2) is 30.5 Å². The Labute approximate surface area is 106 Å². The van der Waals surface area contributed by atoms with Crippen LogP contribution in [0.1, 0.15) is 5.56 Å².